The van der Waals surface area contributed by atoms with Crippen molar-refractivity contribution >= 4 is 17.6 Å². The highest BCUT2D eigenvalue weighted by molar-refractivity contribution is 5.96. The third kappa shape index (κ3) is 3.16. The van der Waals surface area contributed by atoms with Crippen LogP contribution in [0.2, 0.25) is 0 Å². The lowest BCUT2D eigenvalue weighted by Gasteiger charge is -2.28. The number of carbonyl (C=O) groups is 2. The van der Waals surface area contributed by atoms with Crippen molar-refractivity contribution in [1.82, 2.24) is 10.2 Å². The molecule has 0 bridgehead atoms. The average molecular weight is 289 g/mol. The van der Waals surface area contributed by atoms with Gasteiger partial charge < -0.3 is 19.9 Å². The molecule has 3 rings (SSSR count). The van der Waals surface area contributed by atoms with Crippen LogP contribution >= 0.6 is 0 Å². The quantitative estimate of drug-likeness (QED) is 0.877. The van der Waals surface area contributed by atoms with Gasteiger partial charge in [0.15, 0.2) is 0 Å². The van der Waals surface area contributed by atoms with Gasteiger partial charge in [0.1, 0.15) is 0 Å². The topological polar surface area (TPSA) is 61.9 Å². The number of amides is 3. The van der Waals surface area contributed by atoms with E-state index in [9.17, 15) is 9.59 Å². The molecule has 6 nitrogen and oxygen atoms in total. The van der Waals surface area contributed by atoms with Gasteiger partial charge in [-0.2, -0.15) is 0 Å². The van der Waals surface area contributed by atoms with Crippen molar-refractivity contribution in [2.24, 2.45) is 0 Å². The van der Waals surface area contributed by atoms with Crippen LogP contribution < -0.4 is 10.2 Å². The van der Waals surface area contributed by atoms with Crippen LogP contribution in [0.15, 0.2) is 30.3 Å². The van der Waals surface area contributed by atoms with Crippen LogP contribution in [0.1, 0.15) is 6.42 Å². The Hall–Kier alpha value is -2.08. The summed E-state index contributed by atoms with van der Waals surface area (Å²) in [4.78, 5) is 27.7. The second-order valence-corrected chi connectivity index (χ2v) is 5.29. The molecule has 0 aliphatic carbocycles. The predicted molar refractivity (Wildman–Crippen MR) is 78.1 cm³/mol. The first-order valence-corrected chi connectivity index (χ1v) is 7.22. The molecule has 0 spiro atoms. The molecule has 2 aliphatic rings. The van der Waals surface area contributed by atoms with Gasteiger partial charge in [0.2, 0.25) is 5.91 Å². The molecule has 2 saturated heterocycles. The minimum atomic E-state index is -0.131. The molecule has 2 aliphatic heterocycles. The minimum Gasteiger partial charge on any atom is -0.378 e. The Labute approximate surface area is 123 Å². The van der Waals surface area contributed by atoms with Gasteiger partial charge in [-0.15, -0.1) is 0 Å². The number of hydrogen-bond acceptors (Lipinski definition) is 3. The molecule has 2 heterocycles. The first kappa shape index (κ1) is 13.9. The monoisotopic (exact) mass is 289 g/mol. The van der Waals surface area contributed by atoms with E-state index >= 15 is 0 Å². The number of para-hydroxylation sites is 1. The third-order valence-corrected chi connectivity index (χ3v) is 3.82. The van der Waals surface area contributed by atoms with E-state index in [1.165, 1.54) is 0 Å². The molecule has 2 fully saturated rings. The van der Waals surface area contributed by atoms with Crippen molar-refractivity contribution in [2.75, 3.05) is 37.7 Å². The van der Waals surface area contributed by atoms with Gasteiger partial charge in [-0.3, -0.25) is 4.79 Å². The summed E-state index contributed by atoms with van der Waals surface area (Å²) in [5.41, 5.74) is 0.880. The fourth-order valence-electron chi connectivity index (χ4n) is 2.69. The average Bonchev–Trinajstić information content (AvgIpc) is 2.89. The summed E-state index contributed by atoms with van der Waals surface area (Å²) < 4.78 is 5.23. The van der Waals surface area contributed by atoms with E-state index in [1.54, 1.807) is 9.80 Å². The second kappa shape index (κ2) is 6.13. The van der Waals surface area contributed by atoms with Gasteiger partial charge in [0.25, 0.3) is 0 Å². The molecule has 0 saturated carbocycles. The summed E-state index contributed by atoms with van der Waals surface area (Å²) in [7, 11) is 0. The highest BCUT2D eigenvalue weighted by atomic mass is 16.5. The van der Waals surface area contributed by atoms with Gasteiger partial charge in [0, 0.05) is 31.7 Å². The second-order valence-electron chi connectivity index (χ2n) is 5.29. The van der Waals surface area contributed by atoms with Crippen molar-refractivity contribution < 1.29 is 14.3 Å². The van der Waals surface area contributed by atoms with Crippen LogP contribution in [-0.2, 0) is 9.53 Å². The van der Waals surface area contributed by atoms with E-state index in [-0.39, 0.29) is 18.0 Å². The molecule has 6 heteroatoms. The summed E-state index contributed by atoms with van der Waals surface area (Å²) in [5.74, 6) is 0.0495. The van der Waals surface area contributed by atoms with E-state index in [2.05, 4.69) is 5.32 Å². The Kier molecular flexibility index (Phi) is 4.06. The van der Waals surface area contributed by atoms with Gasteiger partial charge in [0.05, 0.1) is 19.3 Å². The Bertz CT molecular complexity index is 514. The number of nitrogens with one attached hydrogen (secondary N) is 1. The third-order valence-electron chi connectivity index (χ3n) is 3.82. The summed E-state index contributed by atoms with van der Waals surface area (Å²) in [5, 5.41) is 2.95. The smallest absolute Gasteiger partial charge is 0.317 e. The van der Waals surface area contributed by atoms with E-state index in [4.69, 9.17) is 4.74 Å². The van der Waals surface area contributed by atoms with Gasteiger partial charge >= 0.3 is 6.03 Å². The zero-order valence-corrected chi connectivity index (χ0v) is 11.8. The minimum absolute atomic E-state index is 0.0495. The molecule has 1 aromatic carbocycles. The summed E-state index contributed by atoms with van der Waals surface area (Å²) in [6.45, 7) is 2.89. The van der Waals surface area contributed by atoms with Gasteiger partial charge in [-0.05, 0) is 12.1 Å². The Morgan fingerprint density at radius 2 is 1.90 bits per heavy atom. The zero-order valence-electron chi connectivity index (χ0n) is 11.8. The zero-order chi connectivity index (χ0) is 14.7. The molecule has 0 unspecified atom stereocenters. The maximum absolute atomic E-state index is 12.1. The Morgan fingerprint density at radius 1 is 1.19 bits per heavy atom. The number of morpholine rings is 1. The molecule has 3 amide bonds. The maximum atomic E-state index is 12.1. The van der Waals surface area contributed by atoms with E-state index in [1.807, 2.05) is 30.3 Å². The molecule has 112 valence electrons. The number of benzene rings is 1. The molecular formula is C15H19N3O3. The fraction of sp³-hybridized carbons (Fsp3) is 0.467. The number of ether oxygens (including phenoxy) is 1. The number of urea groups is 1. The fourth-order valence-corrected chi connectivity index (χ4v) is 2.69. The van der Waals surface area contributed by atoms with Crippen LogP contribution in [-0.4, -0.2) is 55.7 Å². The van der Waals surface area contributed by atoms with E-state index in [0.29, 0.717) is 39.3 Å². The lowest BCUT2D eigenvalue weighted by molar-refractivity contribution is -0.117. The number of anilines is 1. The van der Waals surface area contributed by atoms with Crippen LogP contribution in [0.25, 0.3) is 0 Å². The standard InChI is InChI=1S/C15H19N3O3/c19-14-10-12(11-18(14)13-4-2-1-3-5-13)16-15(20)17-6-8-21-9-7-17/h1-5,12H,6-11H2,(H,16,20)/t12-/m1/s1. The van der Waals surface area contributed by atoms with Crippen molar-refractivity contribution in [3.63, 3.8) is 0 Å². The van der Waals surface area contributed by atoms with Crippen LogP contribution in [0.3, 0.4) is 0 Å². The molecule has 1 N–H and O–H groups in total. The normalized spacial score (nSPS) is 22.5. The largest absolute Gasteiger partial charge is 0.378 e. The summed E-state index contributed by atoms with van der Waals surface area (Å²) in [6, 6.07) is 9.31. The number of rotatable bonds is 2. The molecular weight excluding hydrogens is 270 g/mol. The van der Waals surface area contributed by atoms with Crippen LogP contribution in [0, 0.1) is 0 Å². The van der Waals surface area contributed by atoms with Gasteiger partial charge in [-0.25, -0.2) is 4.79 Å². The number of nitrogens with zero attached hydrogens (tertiary/aromatic N) is 2. The van der Waals surface area contributed by atoms with Crippen LogP contribution in [0.4, 0.5) is 10.5 Å². The van der Waals surface area contributed by atoms with Crippen molar-refractivity contribution in [3.05, 3.63) is 30.3 Å². The maximum Gasteiger partial charge on any atom is 0.317 e. The predicted octanol–water partition coefficient (Wildman–Crippen LogP) is 0.834. The van der Waals surface area contributed by atoms with Crippen LogP contribution in [0.5, 0.6) is 0 Å². The lowest BCUT2D eigenvalue weighted by Crippen LogP contribution is -2.49. The number of carbonyl (C=O) groups excluding carboxylic acids is 2. The Morgan fingerprint density at radius 3 is 2.62 bits per heavy atom. The molecule has 0 aromatic heterocycles. The first-order chi connectivity index (χ1) is 10.2. The molecule has 1 atom stereocenters. The number of hydrogen-bond donors (Lipinski definition) is 1. The Balaban J connectivity index is 1.58. The lowest BCUT2D eigenvalue weighted by atomic mass is 10.2. The molecule has 0 radical (unpaired) electrons. The first-order valence-electron chi connectivity index (χ1n) is 7.22. The highest BCUT2D eigenvalue weighted by Gasteiger charge is 2.32. The van der Waals surface area contributed by atoms with E-state index < -0.39 is 0 Å². The van der Waals surface area contributed by atoms with Crippen molar-refractivity contribution in [2.45, 2.75) is 12.5 Å². The van der Waals surface area contributed by atoms with E-state index in [0.717, 1.165) is 5.69 Å². The SMILES string of the molecule is O=C(N[C@@H]1CC(=O)N(c2ccccc2)C1)N1CCOCC1. The van der Waals surface area contributed by atoms with Crippen molar-refractivity contribution in [1.29, 1.82) is 0 Å². The van der Waals surface area contributed by atoms with Crippen molar-refractivity contribution in [3.8, 4) is 0 Å². The highest BCUT2D eigenvalue weighted by Crippen LogP contribution is 2.21. The molecule has 1 aromatic rings. The van der Waals surface area contributed by atoms with Gasteiger partial charge in [-0.1, -0.05) is 18.2 Å². The molecule has 21 heavy (non-hydrogen) atoms. The summed E-state index contributed by atoms with van der Waals surface area (Å²) in [6.07, 6.45) is 0.352. The summed E-state index contributed by atoms with van der Waals surface area (Å²) >= 11 is 0.